The van der Waals surface area contributed by atoms with Crippen LogP contribution in [0.4, 0.5) is 19.0 Å². The molecule has 36 heavy (non-hydrogen) atoms. The fraction of sp³-hybridized carbons (Fsp3) is 0.308. The van der Waals surface area contributed by atoms with E-state index in [1.165, 1.54) is 4.57 Å². The molecule has 4 heterocycles. The molecule has 3 aromatic heterocycles. The van der Waals surface area contributed by atoms with Crippen molar-refractivity contribution in [3.05, 3.63) is 71.9 Å². The normalized spacial score (nSPS) is 13.6. The zero-order valence-corrected chi connectivity index (χ0v) is 20.1. The van der Waals surface area contributed by atoms with Gasteiger partial charge in [0.2, 0.25) is 0 Å². The van der Waals surface area contributed by atoms with Gasteiger partial charge >= 0.3 is 6.18 Å². The molecule has 1 aromatic carbocycles. The Morgan fingerprint density at radius 1 is 1.06 bits per heavy atom. The molecular formula is C26H25F3N6O. The summed E-state index contributed by atoms with van der Waals surface area (Å²) in [5.41, 5.74) is 2.51. The molecule has 0 amide bonds. The first kappa shape index (κ1) is 23.8. The number of hydrogen-bond acceptors (Lipinski definition) is 6. The summed E-state index contributed by atoms with van der Waals surface area (Å²) in [6.07, 6.45) is -0.0150. The summed E-state index contributed by atoms with van der Waals surface area (Å²) in [5.74, 6) is 2.39. The van der Waals surface area contributed by atoms with E-state index in [0.29, 0.717) is 42.7 Å². The lowest BCUT2D eigenvalue weighted by molar-refractivity contribution is -0.140. The molecule has 7 nitrogen and oxygen atoms in total. The third kappa shape index (κ3) is 4.62. The van der Waals surface area contributed by atoms with Gasteiger partial charge in [0, 0.05) is 37.1 Å². The van der Waals surface area contributed by atoms with Gasteiger partial charge in [-0.25, -0.2) is 15.0 Å². The number of anilines is 1. The molecule has 0 unspecified atom stereocenters. The van der Waals surface area contributed by atoms with Gasteiger partial charge in [-0.15, -0.1) is 0 Å². The molecule has 0 saturated heterocycles. The minimum Gasteiger partial charge on any atom is -0.486 e. The molecule has 0 atom stereocenters. The van der Waals surface area contributed by atoms with Gasteiger partial charge in [0.25, 0.3) is 0 Å². The first-order valence-electron chi connectivity index (χ1n) is 11.6. The maximum absolute atomic E-state index is 13.0. The summed E-state index contributed by atoms with van der Waals surface area (Å²) in [6, 6.07) is 11.2. The Morgan fingerprint density at radius 2 is 1.83 bits per heavy atom. The van der Waals surface area contributed by atoms with Crippen molar-refractivity contribution in [2.45, 2.75) is 32.5 Å². The third-order valence-corrected chi connectivity index (χ3v) is 6.03. The molecule has 0 N–H and O–H groups in total. The summed E-state index contributed by atoms with van der Waals surface area (Å²) in [5, 5.41) is 0. The summed E-state index contributed by atoms with van der Waals surface area (Å²) in [6.45, 7) is 5.87. The molecule has 5 rings (SSSR count). The van der Waals surface area contributed by atoms with Gasteiger partial charge < -0.3 is 14.2 Å². The number of rotatable bonds is 5. The van der Waals surface area contributed by atoms with Gasteiger partial charge in [-0.3, -0.25) is 4.98 Å². The van der Waals surface area contributed by atoms with E-state index in [4.69, 9.17) is 9.72 Å². The zero-order chi connectivity index (χ0) is 25.4. The third-order valence-electron chi connectivity index (χ3n) is 6.03. The molecule has 1 aliphatic heterocycles. The Hall–Kier alpha value is -3.95. The van der Waals surface area contributed by atoms with E-state index in [9.17, 15) is 13.2 Å². The van der Waals surface area contributed by atoms with E-state index in [2.05, 4.69) is 33.7 Å². The van der Waals surface area contributed by atoms with Gasteiger partial charge in [-0.2, -0.15) is 13.2 Å². The van der Waals surface area contributed by atoms with Crippen LogP contribution in [0.15, 0.2) is 55.0 Å². The number of aromatic nitrogens is 5. The molecule has 0 spiro atoms. The van der Waals surface area contributed by atoms with Crippen LogP contribution in [0.2, 0.25) is 0 Å². The van der Waals surface area contributed by atoms with Crippen molar-refractivity contribution in [2.24, 2.45) is 7.05 Å². The molecular weight excluding hydrogens is 469 g/mol. The van der Waals surface area contributed by atoms with E-state index < -0.39 is 11.9 Å². The average molecular weight is 495 g/mol. The molecule has 0 radical (unpaired) electrons. The predicted octanol–water partition coefficient (Wildman–Crippen LogP) is 5.48. The van der Waals surface area contributed by atoms with Crippen molar-refractivity contribution in [1.82, 2.24) is 24.5 Å². The number of fused-ring (bicyclic) bond motifs is 1. The van der Waals surface area contributed by atoms with Gasteiger partial charge in [0.05, 0.1) is 18.4 Å². The Labute approximate surface area is 206 Å². The molecule has 1 aliphatic rings. The number of aryl methyl sites for hydroxylation is 1. The van der Waals surface area contributed by atoms with Crippen LogP contribution in [0, 0.1) is 0 Å². The highest BCUT2D eigenvalue weighted by molar-refractivity contribution is 5.64. The second-order valence-electron chi connectivity index (χ2n) is 9.00. The lowest BCUT2D eigenvalue weighted by atomic mass is 10.0. The van der Waals surface area contributed by atoms with Crippen molar-refractivity contribution >= 4 is 5.82 Å². The van der Waals surface area contributed by atoms with Crippen LogP contribution in [0.1, 0.15) is 36.7 Å². The van der Waals surface area contributed by atoms with Crippen molar-refractivity contribution in [3.8, 4) is 28.5 Å². The summed E-state index contributed by atoms with van der Waals surface area (Å²) in [7, 11) is 1.56. The standard InChI is InChI=1S/C26H25F3N6O/c1-16(2)22-19(5-4-10-30-22)23-31-13-20-25(33-23)35(11-12-36-20)14-17-6-8-18(9-7-17)24-32-21(15-34(24)3)26(27,28)29/h4-10,13,15-16H,11-12,14H2,1-3H3. The van der Waals surface area contributed by atoms with E-state index in [1.807, 2.05) is 24.3 Å². The van der Waals surface area contributed by atoms with Crippen molar-refractivity contribution < 1.29 is 17.9 Å². The second kappa shape index (κ2) is 9.25. The maximum Gasteiger partial charge on any atom is 0.434 e. The highest BCUT2D eigenvalue weighted by Gasteiger charge is 2.34. The summed E-state index contributed by atoms with van der Waals surface area (Å²) in [4.78, 5) is 19.8. The van der Waals surface area contributed by atoms with Gasteiger partial charge in [0.15, 0.2) is 23.1 Å². The minimum atomic E-state index is -4.48. The fourth-order valence-electron chi connectivity index (χ4n) is 4.26. The molecule has 0 fully saturated rings. The van der Waals surface area contributed by atoms with Crippen LogP contribution >= 0.6 is 0 Å². The van der Waals surface area contributed by atoms with E-state index in [0.717, 1.165) is 23.0 Å². The smallest absolute Gasteiger partial charge is 0.434 e. The number of halogens is 3. The van der Waals surface area contributed by atoms with E-state index >= 15 is 0 Å². The van der Waals surface area contributed by atoms with Crippen molar-refractivity contribution in [2.75, 3.05) is 18.1 Å². The highest BCUT2D eigenvalue weighted by atomic mass is 19.4. The summed E-state index contributed by atoms with van der Waals surface area (Å²) >= 11 is 0. The second-order valence-corrected chi connectivity index (χ2v) is 9.00. The van der Waals surface area contributed by atoms with Crippen LogP contribution in [-0.2, 0) is 19.8 Å². The molecule has 186 valence electrons. The van der Waals surface area contributed by atoms with Gasteiger partial charge in [-0.1, -0.05) is 38.1 Å². The Kier molecular flexibility index (Phi) is 6.11. The van der Waals surface area contributed by atoms with Gasteiger partial charge in [0.1, 0.15) is 12.4 Å². The van der Waals surface area contributed by atoms with Crippen LogP contribution in [0.25, 0.3) is 22.8 Å². The SMILES string of the molecule is CC(C)c1ncccc1-c1ncc2c(n1)N(Cc1ccc(-c3nc(C(F)(F)F)cn3C)cc1)CCO2. The Morgan fingerprint density at radius 3 is 2.53 bits per heavy atom. The van der Waals surface area contributed by atoms with Crippen LogP contribution in [0.3, 0.4) is 0 Å². The van der Waals surface area contributed by atoms with Crippen LogP contribution in [-0.4, -0.2) is 37.7 Å². The van der Waals surface area contributed by atoms with E-state index in [1.54, 1.807) is 31.6 Å². The van der Waals surface area contributed by atoms with Crippen LogP contribution < -0.4 is 9.64 Å². The van der Waals surface area contributed by atoms with Crippen LogP contribution in [0.5, 0.6) is 5.75 Å². The fourth-order valence-corrected chi connectivity index (χ4v) is 4.26. The zero-order valence-electron chi connectivity index (χ0n) is 20.1. The predicted molar refractivity (Wildman–Crippen MR) is 130 cm³/mol. The van der Waals surface area contributed by atoms with Crippen molar-refractivity contribution in [1.29, 1.82) is 0 Å². The van der Waals surface area contributed by atoms with E-state index in [-0.39, 0.29) is 11.7 Å². The Balaban J connectivity index is 1.41. The topological polar surface area (TPSA) is 69.0 Å². The lowest BCUT2D eigenvalue weighted by Gasteiger charge is -2.30. The Bertz CT molecular complexity index is 1380. The average Bonchev–Trinajstić information content (AvgIpc) is 3.26. The molecule has 10 heteroatoms. The number of imidazole rings is 1. The molecule has 0 aliphatic carbocycles. The van der Waals surface area contributed by atoms with Gasteiger partial charge in [-0.05, 0) is 23.6 Å². The monoisotopic (exact) mass is 494 g/mol. The number of pyridine rings is 1. The number of nitrogens with zero attached hydrogens (tertiary/aromatic N) is 6. The highest BCUT2D eigenvalue weighted by Crippen LogP contribution is 2.34. The molecule has 0 saturated carbocycles. The molecule has 4 aromatic rings. The number of ether oxygens (including phenoxy) is 1. The summed E-state index contributed by atoms with van der Waals surface area (Å²) < 4.78 is 46.3. The quantitative estimate of drug-likeness (QED) is 0.366. The number of alkyl halides is 3. The maximum atomic E-state index is 13.0. The lowest BCUT2D eigenvalue weighted by Crippen LogP contribution is -2.33. The first-order valence-corrected chi connectivity index (χ1v) is 11.6. The van der Waals surface area contributed by atoms with Crippen molar-refractivity contribution in [3.63, 3.8) is 0 Å². The number of hydrogen-bond donors (Lipinski definition) is 0. The number of benzene rings is 1. The molecule has 0 bridgehead atoms. The first-order chi connectivity index (χ1) is 17.2. The minimum absolute atomic E-state index is 0.220. The largest absolute Gasteiger partial charge is 0.486 e.